The van der Waals surface area contributed by atoms with Crippen molar-refractivity contribution in [3.8, 4) is 0 Å². The monoisotopic (exact) mass is 224 g/mol. The van der Waals surface area contributed by atoms with Gasteiger partial charge in [-0.3, -0.25) is 9.63 Å². The number of anilines is 1. The molecule has 0 aromatic carbocycles. The van der Waals surface area contributed by atoms with Gasteiger partial charge < -0.3 is 4.42 Å². The lowest BCUT2D eigenvalue weighted by Crippen LogP contribution is -2.13. The maximum absolute atomic E-state index is 11.6. The molecule has 0 saturated carbocycles. The zero-order valence-electron chi connectivity index (χ0n) is 9.60. The largest absolute Gasteiger partial charge is 0.415 e. The van der Waals surface area contributed by atoms with Crippen LogP contribution in [0.5, 0.6) is 0 Å². The molecule has 0 aliphatic heterocycles. The molecule has 88 valence electrons. The van der Waals surface area contributed by atoms with Crippen LogP contribution in [0, 0.1) is 0 Å². The van der Waals surface area contributed by atoms with Crippen LogP contribution in [0.2, 0.25) is 0 Å². The van der Waals surface area contributed by atoms with Crippen molar-refractivity contribution in [2.75, 3.05) is 19.2 Å². The third-order valence-electron chi connectivity index (χ3n) is 2.13. The summed E-state index contributed by atoms with van der Waals surface area (Å²) in [6, 6.07) is 0. The third kappa shape index (κ3) is 3.20. The number of allylic oxidation sites excluding steroid dienone is 1. The van der Waals surface area contributed by atoms with E-state index in [2.05, 4.69) is 11.6 Å². The number of rotatable bonds is 7. The first-order valence-electron chi connectivity index (χ1n) is 5.06. The molecule has 0 N–H and O–H groups in total. The number of carbonyl (C=O) groups excluding carboxylic acids is 1. The van der Waals surface area contributed by atoms with Crippen LogP contribution in [0.1, 0.15) is 29.9 Å². The van der Waals surface area contributed by atoms with E-state index >= 15 is 0 Å². The lowest BCUT2D eigenvalue weighted by molar-refractivity contribution is 0.0943. The fourth-order valence-electron chi connectivity index (χ4n) is 1.14. The number of oxazole rings is 1. The van der Waals surface area contributed by atoms with Gasteiger partial charge in [0.15, 0.2) is 0 Å². The average Bonchev–Trinajstić information content (AvgIpc) is 2.77. The van der Waals surface area contributed by atoms with E-state index in [4.69, 9.17) is 9.25 Å². The molecule has 5 heteroatoms. The highest BCUT2D eigenvalue weighted by Gasteiger charge is 2.14. The Kier molecular flexibility index (Phi) is 4.72. The van der Waals surface area contributed by atoms with Crippen LogP contribution >= 0.6 is 0 Å². The van der Waals surface area contributed by atoms with Gasteiger partial charge in [0.1, 0.15) is 0 Å². The van der Waals surface area contributed by atoms with E-state index in [0.717, 1.165) is 12.8 Å². The van der Waals surface area contributed by atoms with Crippen molar-refractivity contribution in [3.63, 3.8) is 0 Å². The maximum Gasteiger partial charge on any atom is 0.265 e. The highest BCUT2D eigenvalue weighted by atomic mass is 16.7. The summed E-state index contributed by atoms with van der Waals surface area (Å²) < 4.78 is 5.24. The Balaban J connectivity index is 2.56. The zero-order chi connectivity index (χ0) is 12.0. The average molecular weight is 224 g/mol. The molecule has 1 heterocycles. The smallest absolute Gasteiger partial charge is 0.265 e. The number of ketones is 1. The van der Waals surface area contributed by atoms with Gasteiger partial charge in [0, 0.05) is 13.5 Å². The van der Waals surface area contributed by atoms with Crippen molar-refractivity contribution in [1.29, 1.82) is 0 Å². The van der Waals surface area contributed by atoms with E-state index < -0.39 is 0 Å². The Morgan fingerprint density at radius 3 is 3.12 bits per heavy atom. The first kappa shape index (κ1) is 12.4. The molecular formula is C11H16N2O3. The quantitative estimate of drug-likeness (QED) is 0.307. The Bertz CT molecular complexity index is 360. The molecule has 0 radical (unpaired) electrons. The molecular weight excluding hydrogens is 208 g/mol. The van der Waals surface area contributed by atoms with Gasteiger partial charge in [0.2, 0.25) is 11.7 Å². The van der Waals surface area contributed by atoms with Gasteiger partial charge in [0.25, 0.3) is 5.89 Å². The van der Waals surface area contributed by atoms with Crippen LogP contribution < -0.4 is 5.06 Å². The molecule has 0 atom stereocenters. The Morgan fingerprint density at radius 2 is 2.50 bits per heavy atom. The predicted molar refractivity (Wildman–Crippen MR) is 60.3 cm³/mol. The van der Waals surface area contributed by atoms with Crippen molar-refractivity contribution in [1.82, 2.24) is 4.98 Å². The summed E-state index contributed by atoms with van der Waals surface area (Å²) in [7, 11) is 3.18. The Hall–Kier alpha value is -1.62. The Morgan fingerprint density at radius 1 is 1.75 bits per heavy atom. The van der Waals surface area contributed by atoms with Crippen LogP contribution in [-0.4, -0.2) is 24.9 Å². The first-order valence-corrected chi connectivity index (χ1v) is 5.06. The summed E-state index contributed by atoms with van der Waals surface area (Å²) in [4.78, 5) is 20.4. The summed E-state index contributed by atoms with van der Waals surface area (Å²) in [5, 5.41) is 1.40. The van der Waals surface area contributed by atoms with Gasteiger partial charge in [0.05, 0.1) is 13.3 Å². The van der Waals surface area contributed by atoms with Crippen LogP contribution in [-0.2, 0) is 4.84 Å². The minimum absolute atomic E-state index is 0.0994. The van der Waals surface area contributed by atoms with E-state index in [1.54, 1.807) is 13.1 Å². The Labute approximate surface area is 94.7 Å². The number of aromatic nitrogens is 1. The lowest BCUT2D eigenvalue weighted by atomic mass is 10.2. The minimum Gasteiger partial charge on any atom is -0.415 e. The molecule has 0 saturated heterocycles. The van der Waals surface area contributed by atoms with Crippen LogP contribution in [0.4, 0.5) is 5.88 Å². The molecule has 1 aromatic heterocycles. The number of hydrogen-bond acceptors (Lipinski definition) is 5. The fourth-order valence-corrected chi connectivity index (χ4v) is 1.14. The van der Waals surface area contributed by atoms with Crippen molar-refractivity contribution in [2.45, 2.75) is 19.3 Å². The number of hydrogen-bond donors (Lipinski definition) is 0. The summed E-state index contributed by atoms with van der Waals surface area (Å²) in [6.07, 6.45) is 5.25. The molecule has 0 spiro atoms. The molecule has 0 aliphatic carbocycles. The predicted octanol–water partition coefficient (Wildman–Crippen LogP) is 2.21. The molecule has 1 aromatic rings. The minimum atomic E-state index is -0.0994. The second-order valence-corrected chi connectivity index (χ2v) is 3.29. The fraction of sp³-hybridized carbons (Fsp3) is 0.455. The van der Waals surface area contributed by atoms with E-state index in [0.29, 0.717) is 12.3 Å². The van der Waals surface area contributed by atoms with Crippen molar-refractivity contribution in [2.24, 2.45) is 0 Å². The maximum atomic E-state index is 11.6. The van der Waals surface area contributed by atoms with Crippen molar-refractivity contribution < 1.29 is 14.0 Å². The number of Topliss-reactive ketones (excluding diaryl/α,β-unsaturated/α-hetero) is 1. The molecule has 0 amide bonds. The molecule has 0 bridgehead atoms. The van der Waals surface area contributed by atoms with Gasteiger partial charge in [-0.1, -0.05) is 6.08 Å². The third-order valence-corrected chi connectivity index (χ3v) is 2.13. The molecule has 1 rings (SSSR count). The summed E-state index contributed by atoms with van der Waals surface area (Å²) in [5.74, 6) is 0.440. The summed E-state index contributed by atoms with van der Waals surface area (Å²) >= 11 is 0. The molecule has 5 nitrogen and oxygen atoms in total. The molecule has 0 aliphatic rings. The van der Waals surface area contributed by atoms with Crippen molar-refractivity contribution in [3.05, 3.63) is 24.7 Å². The number of unbranched alkanes of at least 4 members (excludes halogenated alkanes) is 1. The van der Waals surface area contributed by atoms with E-state index in [1.165, 1.54) is 18.4 Å². The topological polar surface area (TPSA) is 55.6 Å². The zero-order valence-corrected chi connectivity index (χ0v) is 9.60. The second-order valence-electron chi connectivity index (χ2n) is 3.29. The normalized spacial score (nSPS) is 10.1. The summed E-state index contributed by atoms with van der Waals surface area (Å²) in [5.41, 5.74) is 0. The van der Waals surface area contributed by atoms with Gasteiger partial charge in [-0.15, -0.1) is 6.58 Å². The van der Waals surface area contributed by atoms with Crippen LogP contribution in [0.25, 0.3) is 0 Å². The van der Waals surface area contributed by atoms with Crippen LogP contribution in [0.15, 0.2) is 23.3 Å². The number of nitrogens with zero attached hydrogens (tertiary/aromatic N) is 2. The van der Waals surface area contributed by atoms with Gasteiger partial charge in [-0.05, 0) is 12.8 Å². The van der Waals surface area contributed by atoms with E-state index in [-0.39, 0.29) is 11.7 Å². The molecule has 0 fully saturated rings. The number of hydroxylamine groups is 1. The summed E-state index contributed by atoms with van der Waals surface area (Å²) in [6.45, 7) is 3.60. The highest BCUT2D eigenvalue weighted by Crippen LogP contribution is 2.15. The lowest BCUT2D eigenvalue weighted by Gasteiger charge is -2.09. The van der Waals surface area contributed by atoms with Crippen molar-refractivity contribution >= 4 is 11.7 Å². The SMILES string of the molecule is C=CCCCC(=O)c1ncc(N(C)OC)o1. The van der Waals surface area contributed by atoms with Crippen LogP contribution in [0.3, 0.4) is 0 Å². The van der Waals surface area contributed by atoms with E-state index in [1.807, 2.05) is 0 Å². The highest BCUT2D eigenvalue weighted by molar-refractivity contribution is 5.91. The van der Waals surface area contributed by atoms with Gasteiger partial charge in [-0.25, -0.2) is 10.0 Å². The standard InChI is InChI=1S/C11H16N2O3/c1-4-5-6-7-9(14)11-12-8-10(16-11)13(2)15-3/h4,8H,1,5-7H2,2-3H3. The van der Waals surface area contributed by atoms with Gasteiger partial charge >= 0.3 is 0 Å². The molecule has 16 heavy (non-hydrogen) atoms. The molecule has 0 unspecified atom stereocenters. The second kappa shape index (κ2) is 6.07. The van der Waals surface area contributed by atoms with Gasteiger partial charge in [-0.2, -0.15) is 0 Å². The first-order chi connectivity index (χ1) is 7.69. The van der Waals surface area contributed by atoms with E-state index in [9.17, 15) is 4.79 Å². The number of carbonyl (C=O) groups is 1.